The van der Waals surface area contributed by atoms with Crippen LogP contribution in [-0.2, 0) is 6.61 Å². The van der Waals surface area contributed by atoms with E-state index in [0.717, 1.165) is 11.1 Å². The van der Waals surface area contributed by atoms with E-state index in [9.17, 15) is 4.79 Å². The molecule has 0 aromatic heterocycles. The number of Topliss-reactive ketones (excluding diaryl/α,β-unsaturated/α-hetero) is 1. The molecule has 0 unspecified atom stereocenters. The summed E-state index contributed by atoms with van der Waals surface area (Å²) in [5.74, 6) is 0.396. The molecular weight excluding hydrogens is 200 g/mol. The summed E-state index contributed by atoms with van der Waals surface area (Å²) < 4.78 is 0. The molecule has 1 aromatic carbocycles. The van der Waals surface area contributed by atoms with E-state index in [-0.39, 0.29) is 12.4 Å². The van der Waals surface area contributed by atoms with Gasteiger partial charge in [0.15, 0.2) is 5.78 Å². The topological polar surface area (TPSA) is 37.3 Å². The van der Waals surface area contributed by atoms with Crippen molar-refractivity contribution in [3.8, 4) is 0 Å². The van der Waals surface area contributed by atoms with Gasteiger partial charge in [0, 0.05) is 17.9 Å². The first-order chi connectivity index (χ1) is 6.69. The van der Waals surface area contributed by atoms with Gasteiger partial charge in [-0.15, -0.1) is 11.6 Å². The fraction of sp³-hybridized carbons (Fsp3) is 0.364. The summed E-state index contributed by atoms with van der Waals surface area (Å²) in [6.45, 7) is 1.89. The summed E-state index contributed by atoms with van der Waals surface area (Å²) in [6.07, 6.45) is 0.361. The molecule has 0 saturated heterocycles. The van der Waals surface area contributed by atoms with E-state index in [1.165, 1.54) is 0 Å². The largest absolute Gasteiger partial charge is 0.392 e. The van der Waals surface area contributed by atoms with E-state index >= 15 is 0 Å². The number of aliphatic hydroxyl groups excluding tert-OH is 1. The van der Waals surface area contributed by atoms with Crippen LogP contribution in [0.15, 0.2) is 18.2 Å². The third kappa shape index (κ3) is 2.56. The van der Waals surface area contributed by atoms with Crippen LogP contribution in [0.4, 0.5) is 0 Å². The number of aryl methyl sites for hydroxylation is 1. The fourth-order valence-corrected chi connectivity index (χ4v) is 1.45. The summed E-state index contributed by atoms with van der Waals surface area (Å²) in [4.78, 5) is 11.4. The van der Waals surface area contributed by atoms with Gasteiger partial charge in [-0.2, -0.15) is 0 Å². The van der Waals surface area contributed by atoms with Crippen LogP contribution in [0.5, 0.6) is 0 Å². The molecule has 0 aliphatic heterocycles. The zero-order valence-electron chi connectivity index (χ0n) is 8.09. The van der Waals surface area contributed by atoms with Crippen molar-refractivity contribution in [2.45, 2.75) is 20.0 Å². The van der Waals surface area contributed by atoms with E-state index in [2.05, 4.69) is 0 Å². The second kappa shape index (κ2) is 5.13. The highest BCUT2D eigenvalue weighted by Crippen LogP contribution is 2.12. The zero-order chi connectivity index (χ0) is 10.6. The number of carbonyl (C=O) groups is 1. The third-order valence-electron chi connectivity index (χ3n) is 2.16. The lowest BCUT2D eigenvalue weighted by molar-refractivity contribution is 0.0989. The van der Waals surface area contributed by atoms with Crippen LogP contribution in [0.1, 0.15) is 27.9 Å². The van der Waals surface area contributed by atoms with Crippen molar-refractivity contribution < 1.29 is 9.90 Å². The van der Waals surface area contributed by atoms with Gasteiger partial charge in [0.1, 0.15) is 0 Å². The van der Waals surface area contributed by atoms with Crippen LogP contribution >= 0.6 is 11.6 Å². The van der Waals surface area contributed by atoms with Crippen LogP contribution in [0.2, 0.25) is 0 Å². The van der Waals surface area contributed by atoms with Gasteiger partial charge in [-0.05, 0) is 24.1 Å². The first kappa shape index (κ1) is 11.2. The molecule has 2 nitrogen and oxygen atoms in total. The lowest BCUT2D eigenvalue weighted by Gasteiger charge is -2.04. The quantitative estimate of drug-likeness (QED) is 0.614. The van der Waals surface area contributed by atoms with Crippen molar-refractivity contribution in [1.29, 1.82) is 0 Å². The van der Waals surface area contributed by atoms with Crippen molar-refractivity contribution in [2.24, 2.45) is 0 Å². The van der Waals surface area contributed by atoms with Gasteiger partial charge >= 0.3 is 0 Å². The average Bonchev–Trinajstić information content (AvgIpc) is 2.18. The maximum absolute atomic E-state index is 11.4. The fourth-order valence-electron chi connectivity index (χ4n) is 1.28. The molecule has 14 heavy (non-hydrogen) atoms. The minimum atomic E-state index is 0.00973. The molecule has 0 atom stereocenters. The first-order valence-corrected chi connectivity index (χ1v) is 5.02. The number of aliphatic hydroxyl groups is 1. The van der Waals surface area contributed by atoms with Gasteiger partial charge in [-0.3, -0.25) is 4.79 Å². The maximum atomic E-state index is 11.4. The molecule has 0 amide bonds. The Balaban J connectivity index is 2.91. The summed E-state index contributed by atoms with van der Waals surface area (Å²) >= 11 is 5.48. The van der Waals surface area contributed by atoms with Gasteiger partial charge < -0.3 is 5.11 Å². The Morgan fingerprint density at radius 3 is 2.71 bits per heavy atom. The number of halogens is 1. The molecule has 1 N–H and O–H groups in total. The Morgan fingerprint density at radius 1 is 1.50 bits per heavy atom. The molecule has 0 bridgehead atoms. The molecule has 0 aliphatic carbocycles. The predicted octanol–water partition coefficient (Wildman–Crippen LogP) is 2.30. The van der Waals surface area contributed by atoms with Crippen LogP contribution in [0, 0.1) is 6.92 Å². The minimum Gasteiger partial charge on any atom is -0.392 e. The van der Waals surface area contributed by atoms with Crippen LogP contribution in [-0.4, -0.2) is 16.8 Å². The van der Waals surface area contributed by atoms with Crippen molar-refractivity contribution in [2.75, 3.05) is 5.88 Å². The van der Waals surface area contributed by atoms with Crippen molar-refractivity contribution in [3.63, 3.8) is 0 Å². The van der Waals surface area contributed by atoms with Crippen molar-refractivity contribution in [1.82, 2.24) is 0 Å². The molecule has 3 heteroatoms. The number of hydrogen-bond acceptors (Lipinski definition) is 2. The Hall–Kier alpha value is -0.860. The highest BCUT2D eigenvalue weighted by molar-refractivity contribution is 6.19. The Labute approximate surface area is 88.5 Å². The standard InChI is InChI=1S/C11H13ClO2/c1-8-6-9(11(14)4-5-12)2-3-10(8)7-13/h2-3,6,13H,4-5,7H2,1H3. The van der Waals surface area contributed by atoms with Crippen LogP contribution in [0.25, 0.3) is 0 Å². The second-order valence-electron chi connectivity index (χ2n) is 3.16. The van der Waals surface area contributed by atoms with Gasteiger partial charge in [0.05, 0.1) is 6.61 Å². The lowest BCUT2D eigenvalue weighted by Crippen LogP contribution is -2.01. The Kier molecular flexibility index (Phi) is 4.11. The Bertz CT molecular complexity index is 334. The van der Waals surface area contributed by atoms with Crippen molar-refractivity contribution in [3.05, 3.63) is 34.9 Å². The lowest BCUT2D eigenvalue weighted by atomic mass is 10.0. The SMILES string of the molecule is Cc1cc(C(=O)CCCl)ccc1CO. The zero-order valence-corrected chi connectivity index (χ0v) is 8.84. The number of hydrogen-bond donors (Lipinski definition) is 1. The summed E-state index contributed by atoms with van der Waals surface area (Å²) in [5.41, 5.74) is 2.46. The number of ketones is 1. The van der Waals surface area contributed by atoms with E-state index < -0.39 is 0 Å². The molecule has 0 radical (unpaired) electrons. The molecule has 1 aromatic rings. The number of alkyl halides is 1. The molecule has 1 rings (SSSR count). The predicted molar refractivity (Wildman–Crippen MR) is 56.8 cm³/mol. The minimum absolute atomic E-state index is 0.00973. The molecular formula is C11H13ClO2. The summed E-state index contributed by atoms with van der Waals surface area (Å²) in [6, 6.07) is 5.30. The highest BCUT2D eigenvalue weighted by Gasteiger charge is 2.06. The third-order valence-corrected chi connectivity index (χ3v) is 2.35. The number of rotatable bonds is 4. The first-order valence-electron chi connectivity index (χ1n) is 4.48. The summed E-state index contributed by atoms with van der Waals surface area (Å²) in [5, 5.41) is 8.95. The highest BCUT2D eigenvalue weighted by atomic mass is 35.5. The molecule has 0 saturated carbocycles. The number of benzene rings is 1. The Morgan fingerprint density at radius 2 is 2.21 bits per heavy atom. The van der Waals surface area contributed by atoms with Gasteiger partial charge in [0.2, 0.25) is 0 Å². The van der Waals surface area contributed by atoms with E-state index in [1.54, 1.807) is 18.2 Å². The second-order valence-corrected chi connectivity index (χ2v) is 3.54. The van der Waals surface area contributed by atoms with E-state index in [4.69, 9.17) is 16.7 Å². The van der Waals surface area contributed by atoms with Crippen LogP contribution in [0.3, 0.4) is 0 Å². The molecule has 0 fully saturated rings. The molecule has 0 spiro atoms. The normalized spacial score (nSPS) is 10.2. The van der Waals surface area contributed by atoms with Gasteiger partial charge in [0.25, 0.3) is 0 Å². The summed E-state index contributed by atoms with van der Waals surface area (Å²) in [7, 11) is 0. The molecule has 0 aliphatic rings. The van der Waals surface area contributed by atoms with E-state index in [0.29, 0.717) is 17.9 Å². The van der Waals surface area contributed by atoms with Gasteiger partial charge in [-0.25, -0.2) is 0 Å². The monoisotopic (exact) mass is 212 g/mol. The van der Waals surface area contributed by atoms with Crippen molar-refractivity contribution >= 4 is 17.4 Å². The van der Waals surface area contributed by atoms with Crippen LogP contribution < -0.4 is 0 Å². The smallest absolute Gasteiger partial charge is 0.164 e. The maximum Gasteiger partial charge on any atom is 0.164 e. The average molecular weight is 213 g/mol. The van der Waals surface area contributed by atoms with Gasteiger partial charge in [-0.1, -0.05) is 12.1 Å². The number of carbonyl (C=O) groups excluding carboxylic acids is 1. The van der Waals surface area contributed by atoms with E-state index in [1.807, 2.05) is 6.92 Å². The molecule has 76 valence electrons. The molecule has 0 heterocycles.